The molecule has 2 nitrogen and oxygen atoms in total. The summed E-state index contributed by atoms with van der Waals surface area (Å²) in [5.74, 6) is 0. The fourth-order valence-electron chi connectivity index (χ4n) is 2.60. The van der Waals surface area contributed by atoms with Crippen LogP contribution in [0.2, 0.25) is 5.02 Å². The molecule has 1 atom stereocenters. The van der Waals surface area contributed by atoms with Gasteiger partial charge in [-0.25, -0.2) is 0 Å². The minimum absolute atomic E-state index is 0.462. The van der Waals surface area contributed by atoms with Crippen molar-refractivity contribution in [3.05, 3.63) is 34.9 Å². The van der Waals surface area contributed by atoms with Gasteiger partial charge < -0.3 is 5.32 Å². The Morgan fingerprint density at radius 2 is 2.12 bits per heavy atom. The van der Waals surface area contributed by atoms with E-state index in [1.807, 2.05) is 12.1 Å². The SMILES string of the molecule is CCC(c1ccccc1Cl)N1CCCNCC1. The van der Waals surface area contributed by atoms with Gasteiger partial charge in [0.15, 0.2) is 0 Å². The summed E-state index contributed by atoms with van der Waals surface area (Å²) >= 11 is 6.32. The zero-order chi connectivity index (χ0) is 12.1. The Hall–Kier alpha value is -0.570. The van der Waals surface area contributed by atoms with Crippen LogP contribution in [0.3, 0.4) is 0 Å². The van der Waals surface area contributed by atoms with Gasteiger partial charge in [0.05, 0.1) is 0 Å². The molecule has 1 aliphatic rings. The summed E-state index contributed by atoms with van der Waals surface area (Å²) in [5.41, 5.74) is 1.28. The van der Waals surface area contributed by atoms with Crippen molar-refractivity contribution >= 4 is 11.6 Å². The summed E-state index contributed by atoms with van der Waals surface area (Å²) in [6.07, 6.45) is 2.34. The largest absolute Gasteiger partial charge is 0.315 e. The quantitative estimate of drug-likeness (QED) is 0.890. The van der Waals surface area contributed by atoms with Gasteiger partial charge in [-0.15, -0.1) is 0 Å². The summed E-state index contributed by atoms with van der Waals surface area (Å²) in [4.78, 5) is 2.56. The van der Waals surface area contributed by atoms with Crippen LogP contribution in [0.25, 0.3) is 0 Å². The molecule has 0 amide bonds. The molecule has 1 heterocycles. The number of halogens is 1. The van der Waals surface area contributed by atoms with E-state index in [2.05, 4.69) is 29.3 Å². The van der Waals surface area contributed by atoms with Gasteiger partial charge >= 0.3 is 0 Å². The first-order chi connectivity index (χ1) is 8.33. The molecular weight excluding hydrogens is 232 g/mol. The molecule has 0 bridgehead atoms. The lowest BCUT2D eigenvalue weighted by Gasteiger charge is -2.30. The van der Waals surface area contributed by atoms with Gasteiger partial charge in [-0.1, -0.05) is 36.7 Å². The van der Waals surface area contributed by atoms with Crippen LogP contribution in [-0.4, -0.2) is 31.1 Å². The van der Waals surface area contributed by atoms with Crippen molar-refractivity contribution in [1.29, 1.82) is 0 Å². The lowest BCUT2D eigenvalue weighted by molar-refractivity contribution is 0.205. The first-order valence-corrected chi connectivity index (χ1v) is 6.90. The van der Waals surface area contributed by atoms with E-state index < -0.39 is 0 Å². The molecule has 1 N–H and O–H groups in total. The molecule has 2 rings (SSSR count). The number of rotatable bonds is 3. The third kappa shape index (κ3) is 3.21. The minimum Gasteiger partial charge on any atom is -0.315 e. The second kappa shape index (κ2) is 6.39. The molecule has 94 valence electrons. The van der Waals surface area contributed by atoms with Crippen LogP contribution in [0.4, 0.5) is 0 Å². The molecular formula is C14H21ClN2. The van der Waals surface area contributed by atoms with Gasteiger partial charge in [0.2, 0.25) is 0 Å². The van der Waals surface area contributed by atoms with E-state index in [1.54, 1.807) is 0 Å². The Bertz CT molecular complexity index is 346. The molecule has 0 aliphatic carbocycles. The molecule has 1 saturated heterocycles. The first kappa shape index (κ1) is 12.9. The van der Waals surface area contributed by atoms with E-state index in [-0.39, 0.29) is 0 Å². The van der Waals surface area contributed by atoms with Crippen molar-refractivity contribution in [2.24, 2.45) is 0 Å². The first-order valence-electron chi connectivity index (χ1n) is 6.52. The molecule has 1 aromatic carbocycles. The number of hydrogen-bond donors (Lipinski definition) is 1. The van der Waals surface area contributed by atoms with E-state index >= 15 is 0 Å². The maximum atomic E-state index is 6.32. The van der Waals surface area contributed by atoms with Crippen molar-refractivity contribution in [1.82, 2.24) is 10.2 Å². The Morgan fingerprint density at radius 3 is 2.88 bits per heavy atom. The highest BCUT2D eigenvalue weighted by atomic mass is 35.5. The van der Waals surface area contributed by atoms with Crippen LogP contribution in [0.5, 0.6) is 0 Å². The normalized spacial score (nSPS) is 19.9. The maximum Gasteiger partial charge on any atom is 0.0453 e. The highest BCUT2D eigenvalue weighted by Gasteiger charge is 2.21. The fraction of sp³-hybridized carbons (Fsp3) is 0.571. The number of benzene rings is 1. The van der Waals surface area contributed by atoms with Gasteiger partial charge in [-0.3, -0.25) is 4.90 Å². The predicted molar refractivity (Wildman–Crippen MR) is 73.5 cm³/mol. The Morgan fingerprint density at radius 1 is 1.29 bits per heavy atom. The van der Waals surface area contributed by atoms with Crippen LogP contribution < -0.4 is 5.32 Å². The summed E-state index contributed by atoms with van der Waals surface area (Å²) in [7, 11) is 0. The molecule has 1 unspecified atom stereocenters. The van der Waals surface area contributed by atoms with Gasteiger partial charge in [-0.2, -0.15) is 0 Å². The van der Waals surface area contributed by atoms with Gasteiger partial charge in [0.1, 0.15) is 0 Å². The highest BCUT2D eigenvalue weighted by molar-refractivity contribution is 6.31. The molecule has 0 radical (unpaired) electrons. The lowest BCUT2D eigenvalue weighted by atomic mass is 10.0. The molecule has 0 aromatic heterocycles. The topological polar surface area (TPSA) is 15.3 Å². The summed E-state index contributed by atoms with van der Waals surface area (Å²) in [5, 5.41) is 4.35. The summed E-state index contributed by atoms with van der Waals surface area (Å²) in [6, 6.07) is 8.70. The van der Waals surface area contributed by atoms with E-state index in [0.29, 0.717) is 6.04 Å². The second-order valence-corrected chi connectivity index (χ2v) is 4.99. The molecule has 1 aliphatic heterocycles. The Labute approximate surface area is 109 Å². The molecule has 1 aromatic rings. The average molecular weight is 253 g/mol. The van der Waals surface area contributed by atoms with Crippen molar-refractivity contribution in [2.45, 2.75) is 25.8 Å². The van der Waals surface area contributed by atoms with Crippen molar-refractivity contribution in [2.75, 3.05) is 26.2 Å². The maximum absolute atomic E-state index is 6.32. The molecule has 0 spiro atoms. The third-order valence-corrected chi connectivity index (χ3v) is 3.81. The van der Waals surface area contributed by atoms with Gasteiger partial charge in [0, 0.05) is 30.7 Å². The van der Waals surface area contributed by atoms with Crippen molar-refractivity contribution in [3.63, 3.8) is 0 Å². The predicted octanol–water partition coefficient (Wildman–Crippen LogP) is 3.09. The van der Waals surface area contributed by atoms with Crippen LogP contribution in [-0.2, 0) is 0 Å². The Kier molecular flexibility index (Phi) is 4.84. The smallest absolute Gasteiger partial charge is 0.0453 e. The molecule has 1 fully saturated rings. The number of hydrogen-bond acceptors (Lipinski definition) is 2. The van der Waals surface area contributed by atoms with Crippen LogP contribution in [0.1, 0.15) is 31.4 Å². The molecule has 0 saturated carbocycles. The second-order valence-electron chi connectivity index (χ2n) is 4.59. The third-order valence-electron chi connectivity index (χ3n) is 3.47. The monoisotopic (exact) mass is 252 g/mol. The molecule has 3 heteroatoms. The lowest BCUT2D eigenvalue weighted by Crippen LogP contribution is -2.32. The van der Waals surface area contributed by atoms with Crippen LogP contribution in [0.15, 0.2) is 24.3 Å². The number of nitrogens with one attached hydrogen (secondary N) is 1. The van der Waals surface area contributed by atoms with E-state index in [1.165, 1.54) is 12.0 Å². The van der Waals surface area contributed by atoms with E-state index in [4.69, 9.17) is 11.6 Å². The zero-order valence-electron chi connectivity index (χ0n) is 10.5. The summed E-state index contributed by atoms with van der Waals surface area (Å²) in [6.45, 7) is 6.74. The van der Waals surface area contributed by atoms with Gasteiger partial charge in [0.25, 0.3) is 0 Å². The average Bonchev–Trinajstić information content (AvgIpc) is 2.62. The Balaban J connectivity index is 2.17. The van der Waals surface area contributed by atoms with Crippen molar-refractivity contribution < 1.29 is 0 Å². The van der Waals surface area contributed by atoms with E-state index in [0.717, 1.165) is 37.6 Å². The zero-order valence-corrected chi connectivity index (χ0v) is 11.2. The number of nitrogens with zero attached hydrogens (tertiary/aromatic N) is 1. The van der Waals surface area contributed by atoms with Crippen molar-refractivity contribution in [3.8, 4) is 0 Å². The van der Waals surface area contributed by atoms with Crippen LogP contribution >= 0.6 is 11.6 Å². The minimum atomic E-state index is 0.462. The summed E-state index contributed by atoms with van der Waals surface area (Å²) < 4.78 is 0. The molecule has 17 heavy (non-hydrogen) atoms. The van der Waals surface area contributed by atoms with E-state index in [9.17, 15) is 0 Å². The highest BCUT2D eigenvalue weighted by Crippen LogP contribution is 2.30. The van der Waals surface area contributed by atoms with Gasteiger partial charge in [-0.05, 0) is 31.0 Å². The fourth-order valence-corrected chi connectivity index (χ4v) is 2.86. The van der Waals surface area contributed by atoms with Crippen LogP contribution in [0, 0.1) is 0 Å². The standard InChI is InChI=1S/C14H21ClN2/c1-2-14(12-6-3-4-7-13(12)15)17-10-5-8-16-9-11-17/h3-4,6-7,14,16H,2,5,8-11H2,1H3.